The molecule has 0 amide bonds. The van der Waals surface area contributed by atoms with Crippen molar-refractivity contribution in [2.75, 3.05) is 26.2 Å². The predicted octanol–water partition coefficient (Wildman–Crippen LogP) is 2.49. The molecule has 2 saturated heterocycles. The van der Waals surface area contributed by atoms with Gasteiger partial charge in [-0.05, 0) is 63.1 Å². The van der Waals surface area contributed by atoms with E-state index in [1.165, 1.54) is 32.9 Å². The molecule has 0 spiro atoms. The van der Waals surface area contributed by atoms with E-state index in [-0.39, 0.29) is 66.1 Å². The number of sulfonamides is 2. The molecule has 1 N–H and O–H groups in total. The fourth-order valence-electron chi connectivity index (χ4n) is 5.43. The SMILES string of the molecule is C[C@@H]1CN(S(=O)(=O)c2ccc3c(c2)C(=NO)c2cc(S(=O)(=O)N4C[C@H](C)O[C@@H](C)C4)ccc2-3)C[C@H](C)O1. The Bertz CT molecular complexity index is 1350. The fourth-order valence-corrected chi connectivity index (χ4v) is 8.67. The summed E-state index contributed by atoms with van der Waals surface area (Å²) in [4.78, 5) is 0.149. The van der Waals surface area contributed by atoms with E-state index in [0.29, 0.717) is 22.3 Å². The van der Waals surface area contributed by atoms with Crippen LogP contribution < -0.4 is 0 Å². The number of morpholine rings is 2. The Hall–Kier alpha value is -2.35. The second-order valence-electron chi connectivity index (χ2n) is 10.0. The van der Waals surface area contributed by atoms with Crippen molar-refractivity contribution in [1.82, 2.24) is 8.61 Å². The Kier molecular flexibility index (Phi) is 6.70. The van der Waals surface area contributed by atoms with Crippen LogP contribution in [0, 0.1) is 0 Å². The Morgan fingerprint density at radius 2 is 1.03 bits per heavy atom. The minimum absolute atomic E-state index is 0.0747. The zero-order valence-electron chi connectivity index (χ0n) is 21.2. The maximum atomic E-state index is 13.4. The summed E-state index contributed by atoms with van der Waals surface area (Å²) in [5, 5.41) is 13.4. The van der Waals surface area contributed by atoms with Crippen molar-refractivity contribution in [3.8, 4) is 11.1 Å². The van der Waals surface area contributed by atoms with Gasteiger partial charge in [0.15, 0.2) is 0 Å². The maximum Gasteiger partial charge on any atom is 0.243 e. The summed E-state index contributed by atoms with van der Waals surface area (Å²) in [6.07, 6.45) is -0.927. The molecular weight excluding hydrogens is 518 g/mol. The molecule has 1 aliphatic carbocycles. The average Bonchev–Trinajstić information content (AvgIpc) is 3.15. The van der Waals surface area contributed by atoms with Gasteiger partial charge < -0.3 is 14.7 Å². The average molecular weight is 550 g/mol. The second-order valence-corrected chi connectivity index (χ2v) is 13.9. The number of hydrogen-bond acceptors (Lipinski definition) is 8. The summed E-state index contributed by atoms with van der Waals surface area (Å²) >= 11 is 0. The first-order valence-corrected chi connectivity index (χ1v) is 15.1. The lowest BCUT2D eigenvalue weighted by atomic mass is 10.1. The lowest BCUT2D eigenvalue weighted by Gasteiger charge is -2.34. The van der Waals surface area contributed by atoms with E-state index < -0.39 is 20.0 Å². The molecule has 2 aromatic carbocycles. The summed E-state index contributed by atoms with van der Waals surface area (Å²) in [6, 6.07) is 9.39. The van der Waals surface area contributed by atoms with E-state index >= 15 is 0 Å². The van der Waals surface area contributed by atoms with Crippen molar-refractivity contribution < 1.29 is 31.5 Å². The summed E-state index contributed by atoms with van der Waals surface area (Å²) in [6.45, 7) is 8.29. The fraction of sp³-hybridized carbons (Fsp3) is 0.480. The first-order valence-electron chi connectivity index (χ1n) is 12.2. The van der Waals surface area contributed by atoms with Crippen LogP contribution in [0.3, 0.4) is 0 Å². The number of nitrogens with zero attached hydrogens (tertiary/aromatic N) is 3. The van der Waals surface area contributed by atoms with Crippen LogP contribution in [0.1, 0.15) is 38.8 Å². The zero-order chi connectivity index (χ0) is 26.7. The third-order valence-corrected chi connectivity index (χ3v) is 10.6. The van der Waals surface area contributed by atoms with Gasteiger partial charge in [0.1, 0.15) is 5.71 Å². The van der Waals surface area contributed by atoms with Gasteiger partial charge in [0.2, 0.25) is 20.0 Å². The Labute approximate surface area is 217 Å². The molecule has 0 radical (unpaired) electrons. The van der Waals surface area contributed by atoms with Crippen LogP contribution in [0.2, 0.25) is 0 Å². The molecule has 200 valence electrons. The number of oxime groups is 1. The Morgan fingerprint density at radius 3 is 1.35 bits per heavy atom. The van der Waals surface area contributed by atoms with Gasteiger partial charge in [-0.3, -0.25) is 0 Å². The van der Waals surface area contributed by atoms with Crippen molar-refractivity contribution in [2.45, 2.75) is 61.9 Å². The molecule has 3 aliphatic rings. The van der Waals surface area contributed by atoms with E-state index in [4.69, 9.17) is 9.47 Å². The lowest BCUT2D eigenvalue weighted by molar-refractivity contribution is -0.0442. The number of ether oxygens (including phenoxy) is 2. The molecule has 0 saturated carbocycles. The minimum atomic E-state index is -3.82. The Morgan fingerprint density at radius 1 is 0.676 bits per heavy atom. The van der Waals surface area contributed by atoms with Crippen molar-refractivity contribution in [3.05, 3.63) is 47.5 Å². The van der Waals surface area contributed by atoms with E-state index in [9.17, 15) is 22.0 Å². The molecular formula is C25H31N3O7S2. The molecule has 12 heteroatoms. The zero-order valence-corrected chi connectivity index (χ0v) is 22.8. The van der Waals surface area contributed by atoms with E-state index in [0.717, 1.165) is 0 Å². The number of benzene rings is 2. The highest BCUT2D eigenvalue weighted by atomic mass is 32.2. The number of fused-ring (bicyclic) bond motifs is 3. The van der Waals surface area contributed by atoms with Crippen LogP contribution in [0.25, 0.3) is 11.1 Å². The van der Waals surface area contributed by atoms with Gasteiger partial charge in [-0.15, -0.1) is 0 Å². The molecule has 2 aliphatic heterocycles. The molecule has 10 nitrogen and oxygen atoms in total. The van der Waals surface area contributed by atoms with Crippen molar-refractivity contribution in [2.24, 2.45) is 5.16 Å². The van der Waals surface area contributed by atoms with Crippen LogP contribution in [0.15, 0.2) is 51.3 Å². The van der Waals surface area contributed by atoms with Crippen LogP contribution in [0.4, 0.5) is 0 Å². The molecule has 0 aromatic heterocycles. The number of rotatable bonds is 4. The summed E-state index contributed by atoms with van der Waals surface area (Å²) < 4.78 is 67.9. The quantitative estimate of drug-likeness (QED) is 0.391. The van der Waals surface area contributed by atoms with Crippen LogP contribution in [0.5, 0.6) is 0 Å². The second kappa shape index (κ2) is 9.44. The first-order chi connectivity index (χ1) is 17.4. The monoisotopic (exact) mass is 549 g/mol. The normalized spacial score (nSPS) is 28.3. The third-order valence-electron chi connectivity index (χ3n) is 6.93. The van der Waals surface area contributed by atoms with E-state index in [1.54, 1.807) is 12.1 Å². The summed E-state index contributed by atoms with van der Waals surface area (Å²) in [7, 11) is -7.65. The van der Waals surface area contributed by atoms with Crippen LogP contribution in [-0.2, 0) is 29.5 Å². The van der Waals surface area contributed by atoms with E-state index in [1.807, 2.05) is 27.7 Å². The van der Waals surface area contributed by atoms with E-state index in [2.05, 4.69) is 5.16 Å². The van der Waals surface area contributed by atoms with Gasteiger partial charge in [0.05, 0.1) is 34.2 Å². The van der Waals surface area contributed by atoms with Gasteiger partial charge in [0, 0.05) is 37.3 Å². The first kappa shape index (κ1) is 26.3. The Balaban J connectivity index is 1.51. The van der Waals surface area contributed by atoms with Gasteiger partial charge in [-0.1, -0.05) is 17.3 Å². The summed E-state index contributed by atoms with van der Waals surface area (Å²) in [5.41, 5.74) is 2.32. The molecule has 4 atom stereocenters. The third kappa shape index (κ3) is 4.59. The van der Waals surface area contributed by atoms with Crippen molar-refractivity contribution >= 4 is 25.8 Å². The number of hydrogen-bond donors (Lipinski definition) is 1. The minimum Gasteiger partial charge on any atom is -0.410 e. The molecule has 2 fully saturated rings. The van der Waals surface area contributed by atoms with Crippen molar-refractivity contribution in [1.29, 1.82) is 0 Å². The van der Waals surface area contributed by atoms with Crippen molar-refractivity contribution in [3.63, 3.8) is 0 Å². The topological polar surface area (TPSA) is 126 Å². The highest BCUT2D eigenvalue weighted by Gasteiger charge is 2.36. The van der Waals surface area contributed by atoms with Crippen LogP contribution in [-0.4, -0.2) is 87.0 Å². The maximum absolute atomic E-state index is 13.4. The molecule has 37 heavy (non-hydrogen) atoms. The molecule has 2 heterocycles. The lowest BCUT2D eigenvalue weighted by Crippen LogP contribution is -2.48. The molecule has 2 aromatic rings. The summed E-state index contributed by atoms with van der Waals surface area (Å²) in [5.74, 6) is 0. The van der Waals surface area contributed by atoms with Crippen LogP contribution >= 0.6 is 0 Å². The molecule has 0 unspecified atom stereocenters. The standard InChI is InChI=1S/C25H31N3O7S2/c1-15-11-27(12-16(2)34-15)36(30,31)19-5-7-21-22-8-6-20(10-24(22)25(26-29)23(21)9-19)37(32,33)28-13-17(3)35-18(4)14-28/h5-10,15-18,29H,11-14H2,1-4H3/t15-,16-,17-,18+/m0/s1. The molecule has 0 bridgehead atoms. The predicted molar refractivity (Wildman–Crippen MR) is 137 cm³/mol. The van der Waals surface area contributed by atoms with Gasteiger partial charge in [-0.2, -0.15) is 8.61 Å². The van der Waals surface area contributed by atoms with Gasteiger partial charge in [0.25, 0.3) is 0 Å². The smallest absolute Gasteiger partial charge is 0.243 e. The highest BCUT2D eigenvalue weighted by molar-refractivity contribution is 7.89. The molecule has 5 rings (SSSR count). The van der Waals surface area contributed by atoms with Gasteiger partial charge in [-0.25, -0.2) is 16.8 Å². The largest absolute Gasteiger partial charge is 0.410 e. The highest BCUT2D eigenvalue weighted by Crippen LogP contribution is 2.40. The van der Waals surface area contributed by atoms with Gasteiger partial charge >= 0.3 is 0 Å².